The average molecular weight is 463 g/mol. The third-order valence-electron chi connectivity index (χ3n) is 6.08. The van der Waals surface area contributed by atoms with Gasteiger partial charge in [0.1, 0.15) is 12.1 Å². The number of carbonyl (C=O) groups excluding carboxylic acids is 3. The van der Waals surface area contributed by atoms with Crippen LogP contribution >= 0.6 is 0 Å². The summed E-state index contributed by atoms with van der Waals surface area (Å²) in [6.07, 6.45) is 0. The van der Waals surface area contributed by atoms with Crippen molar-refractivity contribution in [2.45, 2.75) is 18.5 Å². The van der Waals surface area contributed by atoms with Crippen molar-refractivity contribution in [2.75, 3.05) is 13.6 Å². The second-order valence-electron chi connectivity index (χ2n) is 8.30. The number of carbonyl (C=O) groups is 3. The molecule has 8 heteroatoms. The predicted molar refractivity (Wildman–Crippen MR) is 121 cm³/mol. The number of nitrogens with zero attached hydrogens (tertiary/aromatic N) is 2. The van der Waals surface area contributed by atoms with Crippen molar-refractivity contribution in [3.8, 4) is 0 Å². The van der Waals surface area contributed by atoms with E-state index < -0.39 is 47.6 Å². The zero-order chi connectivity index (χ0) is 24.5. The van der Waals surface area contributed by atoms with Crippen molar-refractivity contribution in [2.24, 2.45) is 0 Å². The number of hydrogen-bond donors (Lipinski definition) is 1. The summed E-state index contributed by atoms with van der Waals surface area (Å²) in [5.41, 5.74) is 0.198. The molecule has 0 radical (unpaired) electrons. The van der Waals surface area contributed by atoms with Crippen molar-refractivity contribution >= 4 is 17.8 Å². The summed E-state index contributed by atoms with van der Waals surface area (Å²) in [6, 6.07) is 20.6. The molecule has 1 saturated heterocycles. The van der Waals surface area contributed by atoms with Crippen LogP contribution in [-0.2, 0) is 15.1 Å². The fourth-order valence-electron chi connectivity index (χ4n) is 4.14. The van der Waals surface area contributed by atoms with Crippen LogP contribution < -0.4 is 5.32 Å². The van der Waals surface area contributed by atoms with Crippen molar-refractivity contribution in [1.29, 1.82) is 0 Å². The number of hydrogen-bond acceptors (Lipinski definition) is 3. The van der Waals surface area contributed by atoms with Crippen molar-refractivity contribution < 1.29 is 23.2 Å². The number of likely N-dealkylation sites (N-methyl/N-ethyl adjacent to an activating group) is 1. The van der Waals surface area contributed by atoms with Crippen LogP contribution in [0.15, 0.2) is 78.9 Å². The van der Waals surface area contributed by atoms with Crippen LogP contribution in [0.3, 0.4) is 0 Å². The zero-order valence-electron chi connectivity index (χ0n) is 18.7. The van der Waals surface area contributed by atoms with Gasteiger partial charge in [-0.05, 0) is 35.7 Å². The summed E-state index contributed by atoms with van der Waals surface area (Å²) in [5.74, 6) is -3.38. The lowest BCUT2D eigenvalue weighted by molar-refractivity contribution is -0.139. The topological polar surface area (TPSA) is 69.7 Å². The van der Waals surface area contributed by atoms with Gasteiger partial charge < -0.3 is 10.2 Å². The van der Waals surface area contributed by atoms with Gasteiger partial charge in [0.15, 0.2) is 11.6 Å². The van der Waals surface area contributed by atoms with E-state index in [0.717, 1.165) is 28.2 Å². The highest BCUT2D eigenvalue weighted by atomic mass is 19.2. The predicted octanol–water partition coefficient (Wildman–Crippen LogP) is 3.98. The molecule has 0 bridgehead atoms. The lowest BCUT2D eigenvalue weighted by atomic mass is 9.92. The smallest absolute Gasteiger partial charge is 0.325 e. The zero-order valence-corrected chi connectivity index (χ0v) is 18.7. The highest BCUT2D eigenvalue weighted by Crippen LogP contribution is 2.31. The van der Waals surface area contributed by atoms with E-state index in [4.69, 9.17) is 0 Å². The summed E-state index contributed by atoms with van der Waals surface area (Å²) in [5, 5.41) is 2.51. The second-order valence-corrected chi connectivity index (χ2v) is 8.30. The minimum absolute atomic E-state index is 0.0829. The molecule has 1 aliphatic heterocycles. The largest absolute Gasteiger partial charge is 0.333 e. The third-order valence-corrected chi connectivity index (χ3v) is 6.08. The molecule has 4 amide bonds. The van der Waals surface area contributed by atoms with E-state index in [2.05, 4.69) is 5.32 Å². The Morgan fingerprint density at radius 2 is 1.50 bits per heavy atom. The maximum atomic E-state index is 13.8. The quantitative estimate of drug-likeness (QED) is 0.563. The van der Waals surface area contributed by atoms with E-state index in [-0.39, 0.29) is 5.56 Å². The Labute approximate surface area is 195 Å². The molecular weight excluding hydrogens is 440 g/mol. The molecule has 0 spiro atoms. The first-order valence-electron chi connectivity index (χ1n) is 10.7. The Balaban J connectivity index is 1.59. The van der Waals surface area contributed by atoms with E-state index in [1.165, 1.54) is 17.9 Å². The fraction of sp³-hybridized carbons (Fsp3) is 0.192. The highest BCUT2D eigenvalue weighted by Gasteiger charge is 2.50. The molecule has 34 heavy (non-hydrogen) atoms. The van der Waals surface area contributed by atoms with E-state index >= 15 is 0 Å². The van der Waals surface area contributed by atoms with Crippen LogP contribution in [-0.4, -0.2) is 41.2 Å². The molecule has 1 heterocycles. The first kappa shape index (κ1) is 23.1. The molecule has 1 atom stereocenters. The number of nitrogens with one attached hydrogen (secondary N) is 1. The molecule has 3 aromatic carbocycles. The SMILES string of the molecule is CN(C(=O)CN1C(=O)N[C@](C)(c2ccc(F)c(F)c2)C1=O)C(c1ccccc1)c1ccccc1. The molecule has 0 aromatic heterocycles. The van der Waals surface area contributed by atoms with Gasteiger partial charge in [-0.2, -0.15) is 0 Å². The molecule has 3 aromatic rings. The molecule has 4 rings (SSSR count). The van der Waals surface area contributed by atoms with E-state index in [1.54, 1.807) is 7.05 Å². The Morgan fingerprint density at radius 3 is 2.03 bits per heavy atom. The summed E-state index contributed by atoms with van der Waals surface area (Å²) < 4.78 is 27.1. The lowest BCUT2D eigenvalue weighted by Crippen LogP contribution is -2.44. The molecule has 0 unspecified atom stereocenters. The maximum absolute atomic E-state index is 13.8. The number of halogens is 2. The van der Waals surface area contributed by atoms with Gasteiger partial charge in [-0.15, -0.1) is 0 Å². The monoisotopic (exact) mass is 463 g/mol. The van der Waals surface area contributed by atoms with Crippen molar-refractivity contribution in [1.82, 2.24) is 15.1 Å². The van der Waals surface area contributed by atoms with Crippen LogP contribution in [0.4, 0.5) is 13.6 Å². The van der Waals surface area contributed by atoms with Crippen LogP contribution in [0.1, 0.15) is 29.7 Å². The van der Waals surface area contributed by atoms with Crippen LogP contribution in [0.2, 0.25) is 0 Å². The van der Waals surface area contributed by atoms with Gasteiger partial charge in [0.2, 0.25) is 5.91 Å². The van der Waals surface area contributed by atoms with Gasteiger partial charge in [0.25, 0.3) is 5.91 Å². The standard InChI is InChI=1S/C26H23F2N3O3/c1-26(19-13-14-20(27)21(28)15-19)24(33)31(25(34)29-26)16-22(32)30(2)23(17-9-5-3-6-10-17)18-11-7-4-8-12-18/h3-15,23H,16H2,1-2H3,(H,29,34)/t26-/m1/s1. The molecular formula is C26H23F2N3O3. The number of imide groups is 1. The first-order valence-corrected chi connectivity index (χ1v) is 10.7. The van der Waals surface area contributed by atoms with Gasteiger partial charge in [-0.25, -0.2) is 13.6 Å². The summed E-state index contributed by atoms with van der Waals surface area (Å²) in [4.78, 5) is 41.4. The van der Waals surface area contributed by atoms with Gasteiger partial charge in [0.05, 0.1) is 6.04 Å². The summed E-state index contributed by atoms with van der Waals surface area (Å²) in [7, 11) is 1.61. The highest BCUT2D eigenvalue weighted by molar-refractivity contribution is 6.09. The van der Waals surface area contributed by atoms with E-state index in [0.29, 0.717) is 0 Å². The molecule has 1 aliphatic rings. The van der Waals surface area contributed by atoms with Gasteiger partial charge in [0, 0.05) is 7.05 Å². The maximum Gasteiger partial charge on any atom is 0.325 e. The Bertz CT molecular complexity index is 1200. The second kappa shape index (κ2) is 9.05. The number of urea groups is 1. The van der Waals surface area contributed by atoms with Crippen molar-refractivity contribution in [3.63, 3.8) is 0 Å². The molecule has 0 aliphatic carbocycles. The van der Waals surface area contributed by atoms with Crippen molar-refractivity contribution in [3.05, 3.63) is 107 Å². The Kier molecular flexibility index (Phi) is 6.15. The van der Waals surface area contributed by atoms with E-state index in [9.17, 15) is 23.2 Å². The van der Waals surface area contributed by atoms with Gasteiger partial charge in [-0.1, -0.05) is 66.7 Å². The number of rotatable bonds is 6. The van der Waals surface area contributed by atoms with Gasteiger partial charge >= 0.3 is 6.03 Å². The minimum atomic E-state index is -1.62. The van der Waals surface area contributed by atoms with Crippen LogP contribution in [0.5, 0.6) is 0 Å². The Hall–Kier alpha value is -4.07. The number of benzene rings is 3. The van der Waals surface area contributed by atoms with Gasteiger partial charge in [-0.3, -0.25) is 14.5 Å². The minimum Gasteiger partial charge on any atom is -0.333 e. The van der Waals surface area contributed by atoms with E-state index in [1.807, 2.05) is 60.7 Å². The molecule has 1 N–H and O–H groups in total. The molecule has 1 fully saturated rings. The van der Waals surface area contributed by atoms with Crippen LogP contribution in [0.25, 0.3) is 0 Å². The fourth-order valence-corrected chi connectivity index (χ4v) is 4.14. The number of amides is 4. The molecule has 0 saturated carbocycles. The Morgan fingerprint density at radius 1 is 0.941 bits per heavy atom. The third kappa shape index (κ3) is 4.14. The molecule has 6 nitrogen and oxygen atoms in total. The average Bonchev–Trinajstić information content (AvgIpc) is 3.06. The molecule has 174 valence electrons. The normalized spacial score (nSPS) is 17.7. The van der Waals surface area contributed by atoms with Crippen LogP contribution in [0, 0.1) is 11.6 Å². The summed E-state index contributed by atoms with van der Waals surface area (Å²) >= 11 is 0. The lowest BCUT2D eigenvalue weighted by Gasteiger charge is -2.30. The summed E-state index contributed by atoms with van der Waals surface area (Å²) in [6.45, 7) is 0.890. The first-order chi connectivity index (χ1) is 16.2.